The van der Waals surface area contributed by atoms with Crippen LogP contribution in [0.1, 0.15) is 50.7 Å². The lowest BCUT2D eigenvalue weighted by Crippen LogP contribution is -2.43. The van der Waals surface area contributed by atoms with Crippen LogP contribution in [0.2, 0.25) is 0 Å². The van der Waals surface area contributed by atoms with Crippen molar-refractivity contribution in [1.29, 1.82) is 0 Å². The van der Waals surface area contributed by atoms with Gasteiger partial charge in [-0.05, 0) is 44.4 Å². The Hall–Kier alpha value is -2.83. The summed E-state index contributed by atoms with van der Waals surface area (Å²) >= 11 is 0. The highest BCUT2D eigenvalue weighted by Gasteiger charge is 2.16. The maximum absolute atomic E-state index is 12.4. The van der Waals surface area contributed by atoms with Gasteiger partial charge >= 0.3 is 5.63 Å². The SMILES string of the molecule is CCCCCCc1c(C)c2ccc(O[C@@H](C)C(=O)NCC(=O)[O-])cc2oc1=O. The second-order valence-electron chi connectivity index (χ2n) is 6.81. The fourth-order valence-corrected chi connectivity index (χ4v) is 3.03. The molecule has 0 aliphatic carbocycles. The van der Waals surface area contributed by atoms with E-state index < -0.39 is 24.5 Å². The fourth-order valence-electron chi connectivity index (χ4n) is 3.03. The molecule has 0 aliphatic heterocycles. The number of carboxylic acids is 1. The molecule has 0 spiro atoms. The molecule has 0 saturated carbocycles. The van der Waals surface area contributed by atoms with Crippen LogP contribution < -0.4 is 20.8 Å². The van der Waals surface area contributed by atoms with Crippen molar-refractivity contribution in [3.05, 3.63) is 39.7 Å². The molecule has 1 atom stereocenters. The smallest absolute Gasteiger partial charge is 0.339 e. The second kappa shape index (κ2) is 9.92. The van der Waals surface area contributed by atoms with Crippen molar-refractivity contribution in [2.24, 2.45) is 0 Å². The Morgan fingerprint density at radius 1 is 1.25 bits per heavy atom. The van der Waals surface area contributed by atoms with Crippen molar-refractivity contribution in [3.8, 4) is 5.75 Å². The molecular formula is C21H26NO6-. The summed E-state index contributed by atoms with van der Waals surface area (Å²) in [5.41, 5.74) is 1.64. The minimum absolute atomic E-state index is 0.349. The summed E-state index contributed by atoms with van der Waals surface area (Å²) in [6.07, 6.45) is 4.09. The lowest BCUT2D eigenvalue weighted by molar-refractivity contribution is -0.304. The first kappa shape index (κ1) is 21.5. The van der Waals surface area contributed by atoms with Crippen LogP contribution in [-0.4, -0.2) is 24.5 Å². The van der Waals surface area contributed by atoms with Gasteiger partial charge in [0.2, 0.25) is 0 Å². The molecule has 7 nitrogen and oxygen atoms in total. The highest BCUT2D eigenvalue weighted by atomic mass is 16.5. The Kier molecular flexibility index (Phi) is 7.61. The van der Waals surface area contributed by atoms with Crippen molar-refractivity contribution in [2.45, 2.75) is 59.0 Å². The summed E-state index contributed by atoms with van der Waals surface area (Å²) in [7, 11) is 0. The molecule has 1 N–H and O–H groups in total. The number of ether oxygens (including phenoxy) is 1. The van der Waals surface area contributed by atoms with Gasteiger partial charge in [0.25, 0.3) is 5.91 Å². The van der Waals surface area contributed by atoms with Crippen LogP contribution in [0, 0.1) is 6.92 Å². The van der Waals surface area contributed by atoms with Gasteiger partial charge in [0.15, 0.2) is 6.10 Å². The van der Waals surface area contributed by atoms with E-state index in [-0.39, 0.29) is 5.63 Å². The highest BCUT2D eigenvalue weighted by Crippen LogP contribution is 2.25. The number of aryl methyl sites for hydroxylation is 1. The molecule has 0 saturated heterocycles. The van der Waals surface area contributed by atoms with E-state index in [1.807, 2.05) is 6.92 Å². The van der Waals surface area contributed by atoms with Crippen LogP contribution in [0.15, 0.2) is 27.4 Å². The van der Waals surface area contributed by atoms with Gasteiger partial charge in [-0.25, -0.2) is 4.79 Å². The Morgan fingerprint density at radius 3 is 2.68 bits per heavy atom. The third-order valence-corrected chi connectivity index (χ3v) is 4.63. The van der Waals surface area contributed by atoms with Crippen molar-refractivity contribution in [1.82, 2.24) is 5.32 Å². The number of carbonyl (C=O) groups excluding carboxylic acids is 2. The van der Waals surface area contributed by atoms with E-state index in [9.17, 15) is 19.5 Å². The monoisotopic (exact) mass is 388 g/mol. The summed E-state index contributed by atoms with van der Waals surface area (Å²) in [5.74, 6) is -1.61. The van der Waals surface area contributed by atoms with Crippen molar-refractivity contribution < 1.29 is 23.8 Å². The van der Waals surface area contributed by atoms with E-state index in [4.69, 9.17) is 9.15 Å². The first-order valence-corrected chi connectivity index (χ1v) is 9.54. The number of rotatable bonds is 10. The number of nitrogens with one attached hydrogen (secondary N) is 1. The van der Waals surface area contributed by atoms with E-state index in [1.165, 1.54) is 6.92 Å². The number of amides is 1. The number of fused-ring (bicyclic) bond motifs is 1. The van der Waals surface area contributed by atoms with Gasteiger partial charge in [-0.15, -0.1) is 0 Å². The normalized spacial score (nSPS) is 12.0. The maximum Gasteiger partial charge on any atom is 0.339 e. The Balaban J connectivity index is 2.16. The summed E-state index contributed by atoms with van der Waals surface area (Å²) in [5, 5.41) is 13.4. The summed E-state index contributed by atoms with van der Waals surface area (Å²) in [6, 6.07) is 5.05. The van der Waals surface area contributed by atoms with Gasteiger partial charge in [0.05, 0.1) is 12.5 Å². The van der Waals surface area contributed by atoms with E-state index in [2.05, 4.69) is 12.2 Å². The zero-order chi connectivity index (χ0) is 20.7. The Bertz CT molecular complexity index is 902. The Labute approximate surface area is 163 Å². The molecule has 28 heavy (non-hydrogen) atoms. The van der Waals surface area contributed by atoms with Crippen LogP contribution in [0.3, 0.4) is 0 Å². The molecular weight excluding hydrogens is 362 g/mol. The lowest BCUT2D eigenvalue weighted by Gasteiger charge is -2.15. The molecule has 7 heteroatoms. The molecule has 0 fully saturated rings. The standard InChI is InChI=1S/C21H27NO6/c1-4-5-6-7-8-17-13(2)16-10-9-15(11-18(16)28-21(17)26)27-14(3)20(25)22-12-19(23)24/h9-11,14H,4-8,12H2,1-3H3,(H,22,25)(H,23,24)/p-1/t14-/m0/s1. The van der Waals surface area contributed by atoms with Crippen molar-refractivity contribution in [3.63, 3.8) is 0 Å². The minimum atomic E-state index is -1.38. The van der Waals surface area contributed by atoms with Crippen molar-refractivity contribution in [2.75, 3.05) is 6.54 Å². The average molecular weight is 388 g/mol. The van der Waals surface area contributed by atoms with Gasteiger partial charge in [0, 0.05) is 17.0 Å². The zero-order valence-corrected chi connectivity index (χ0v) is 16.5. The molecule has 1 aromatic heterocycles. The average Bonchev–Trinajstić information content (AvgIpc) is 2.65. The summed E-state index contributed by atoms with van der Waals surface area (Å²) < 4.78 is 11.0. The van der Waals surface area contributed by atoms with Gasteiger partial charge in [0.1, 0.15) is 11.3 Å². The number of hydrogen-bond donors (Lipinski definition) is 1. The topological polar surface area (TPSA) is 109 Å². The minimum Gasteiger partial charge on any atom is -0.548 e. The quantitative estimate of drug-likeness (QED) is 0.491. The van der Waals surface area contributed by atoms with Crippen LogP contribution in [0.5, 0.6) is 5.75 Å². The molecule has 152 valence electrons. The number of unbranched alkanes of at least 4 members (excludes halogenated alkanes) is 3. The molecule has 0 unspecified atom stereocenters. The molecule has 1 amide bonds. The summed E-state index contributed by atoms with van der Waals surface area (Å²) in [6.45, 7) is 4.96. The first-order valence-electron chi connectivity index (χ1n) is 9.54. The molecule has 1 heterocycles. The zero-order valence-electron chi connectivity index (χ0n) is 16.5. The number of carbonyl (C=O) groups is 2. The lowest BCUT2D eigenvalue weighted by atomic mass is 10.0. The molecule has 2 aromatic rings. The maximum atomic E-state index is 12.4. The van der Waals surface area contributed by atoms with Gasteiger partial charge in [-0.3, -0.25) is 4.79 Å². The predicted octanol–water partition coefficient (Wildman–Crippen LogP) is 1.86. The van der Waals surface area contributed by atoms with Crippen LogP contribution >= 0.6 is 0 Å². The van der Waals surface area contributed by atoms with E-state index in [0.29, 0.717) is 23.3 Å². The number of carboxylic acid groups (broad SMARTS) is 1. The third kappa shape index (κ3) is 5.58. The first-order chi connectivity index (χ1) is 13.3. The Morgan fingerprint density at radius 2 is 2.00 bits per heavy atom. The molecule has 2 rings (SSSR count). The molecule has 0 radical (unpaired) electrons. The second-order valence-corrected chi connectivity index (χ2v) is 6.81. The number of aliphatic carboxylic acids is 1. The van der Waals surface area contributed by atoms with E-state index in [1.54, 1.807) is 18.2 Å². The van der Waals surface area contributed by atoms with Gasteiger partial charge in [-0.1, -0.05) is 26.2 Å². The van der Waals surface area contributed by atoms with Crippen LogP contribution in [0.25, 0.3) is 11.0 Å². The molecule has 0 aliphatic rings. The predicted molar refractivity (Wildman–Crippen MR) is 103 cm³/mol. The summed E-state index contributed by atoms with van der Waals surface area (Å²) in [4.78, 5) is 34.6. The molecule has 1 aromatic carbocycles. The largest absolute Gasteiger partial charge is 0.548 e. The number of hydrogen-bond acceptors (Lipinski definition) is 6. The molecule has 0 bridgehead atoms. The van der Waals surface area contributed by atoms with Gasteiger partial charge < -0.3 is 24.4 Å². The fraction of sp³-hybridized carbons (Fsp3) is 0.476. The number of benzene rings is 1. The van der Waals surface area contributed by atoms with Crippen molar-refractivity contribution >= 4 is 22.8 Å². The third-order valence-electron chi connectivity index (χ3n) is 4.63. The van der Waals surface area contributed by atoms with Gasteiger partial charge in [-0.2, -0.15) is 0 Å². The van der Waals surface area contributed by atoms with Crippen LogP contribution in [-0.2, 0) is 16.0 Å². The van der Waals surface area contributed by atoms with Crippen LogP contribution in [0.4, 0.5) is 0 Å². The highest BCUT2D eigenvalue weighted by molar-refractivity contribution is 5.85. The van der Waals surface area contributed by atoms with E-state index >= 15 is 0 Å². The van der Waals surface area contributed by atoms with E-state index in [0.717, 1.165) is 36.6 Å².